The van der Waals surface area contributed by atoms with Crippen LogP contribution in [-0.2, 0) is 0 Å². The lowest BCUT2D eigenvalue weighted by atomic mass is 9.72. The molecule has 1 aliphatic carbocycles. The lowest BCUT2D eigenvalue weighted by Gasteiger charge is -2.54. The molecule has 0 aromatic carbocycles. The molecule has 2 aromatic rings. The molecular formula is C18H20N4O2. The van der Waals surface area contributed by atoms with Crippen molar-refractivity contribution in [2.24, 2.45) is 5.41 Å². The number of amides is 1. The van der Waals surface area contributed by atoms with Crippen LogP contribution in [0.5, 0.6) is 0 Å². The van der Waals surface area contributed by atoms with E-state index in [-0.39, 0.29) is 28.6 Å². The van der Waals surface area contributed by atoms with Gasteiger partial charge in [-0.25, -0.2) is 4.98 Å². The highest BCUT2D eigenvalue weighted by atomic mass is 16.2. The van der Waals surface area contributed by atoms with E-state index in [2.05, 4.69) is 28.8 Å². The summed E-state index contributed by atoms with van der Waals surface area (Å²) in [6, 6.07) is 5.12. The molecule has 2 aromatic heterocycles. The Hall–Kier alpha value is -2.50. The van der Waals surface area contributed by atoms with Gasteiger partial charge in [-0.2, -0.15) is 0 Å². The van der Waals surface area contributed by atoms with Crippen LogP contribution in [0.3, 0.4) is 0 Å². The van der Waals surface area contributed by atoms with Crippen molar-refractivity contribution in [1.82, 2.24) is 19.9 Å². The Labute approximate surface area is 140 Å². The molecule has 124 valence electrons. The SMILES string of the molecule is CC1(C)CN(C(=O)c2cc(=O)[nH]c(C3CC3)n2)C1c1cccnc1. The fraction of sp³-hybridized carbons (Fsp3) is 0.444. The van der Waals surface area contributed by atoms with Crippen molar-refractivity contribution in [1.29, 1.82) is 0 Å². The number of carbonyl (C=O) groups is 1. The Bertz CT molecular complexity index is 840. The number of rotatable bonds is 3. The van der Waals surface area contributed by atoms with E-state index < -0.39 is 0 Å². The lowest BCUT2D eigenvalue weighted by molar-refractivity contribution is -0.0328. The maximum atomic E-state index is 12.9. The average molecular weight is 324 g/mol. The van der Waals surface area contributed by atoms with Crippen LogP contribution < -0.4 is 5.56 Å². The van der Waals surface area contributed by atoms with Gasteiger partial charge in [0, 0.05) is 36.3 Å². The van der Waals surface area contributed by atoms with Crippen molar-refractivity contribution in [3.05, 3.63) is 58.0 Å². The normalized spacial score (nSPS) is 22.1. The number of hydrogen-bond acceptors (Lipinski definition) is 4. The topological polar surface area (TPSA) is 79.0 Å². The number of nitrogens with one attached hydrogen (secondary N) is 1. The molecule has 1 N–H and O–H groups in total. The molecule has 6 nitrogen and oxygen atoms in total. The summed E-state index contributed by atoms with van der Waals surface area (Å²) in [7, 11) is 0. The van der Waals surface area contributed by atoms with E-state index in [1.807, 2.05) is 12.1 Å². The molecule has 1 atom stereocenters. The summed E-state index contributed by atoms with van der Waals surface area (Å²) in [6.07, 6.45) is 5.57. The molecule has 1 amide bonds. The number of aromatic amines is 1. The van der Waals surface area contributed by atoms with E-state index >= 15 is 0 Å². The highest BCUT2D eigenvalue weighted by Crippen LogP contribution is 2.48. The summed E-state index contributed by atoms with van der Waals surface area (Å²) < 4.78 is 0. The Morgan fingerprint density at radius 2 is 2.17 bits per heavy atom. The second kappa shape index (κ2) is 5.26. The first-order chi connectivity index (χ1) is 11.5. The maximum absolute atomic E-state index is 12.9. The monoisotopic (exact) mass is 324 g/mol. The van der Waals surface area contributed by atoms with Crippen molar-refractivity contribution >= 4 is 5.91 Å². The minimum absolute atomic E-state index is 0.0286. The Balaban J connectivity index is 1.66. The van der Waals surface area contributed by atoms with Crippen molar-refractivity contribution in [2.75, 3.05) is 6.54 Å². The average Bonchev–Trinajstić information content (AvgIpc) is 3.37. The lowest BCUT2D eigenvalue weighted by Crippen LogP contribution is -2.58. The number of nitrogens with zero attached hydrogens (tertiary/aromatic N) is 3. The van der Waals surface area contributed by atoms with E-state index in [1.54, 1.807) is 17.3 Å². The molecule has 24 heavy (non-hydrogen) atoms. The highest BCUT2D eigenvalue weighted by molar-refractivity contribution is 5.93. The van der Waals surface area contributed by atoms with Gasteiger partial charge in [-0.1, -0.05) is 19.9 Å². The van der Waals surface area contributed by atoms with Gasteiger partial charge in [-0.3, -0.25) is 14.6 Å². The van der Waals surface area contributed by atoms with Crippen LogP contribution in [0.2, 0.25) is 0 Å². The number of H-pyrrole nitrogens is 1. The van der Waals surface area contributed by atoms with Gasteiger partial charge in [0.1, 0.15) is 11.5 Å². The summed E-state index contributed by atoms with van der Waals surface area (Å²) in [5.41, 5.74) is 0.964. The van der Waals surface area contributed by atoms with Crippen LogP contribution >= 0.6 is 0 Å². The van der Waals surface area contributed by atoms with Gasteiger partial charge < -0.3 is 9.88 Å². The number of hydrogen-bond donors (Lipinski definition) is 1. The molecule has 1 aliphatic heterocycles. The molecule has 0 radical (unpaired) electrons. The zero-order valence-corrected chi connectivity index (χ0v) is 13.8. The predicted octanol–water partition coefficient (Wildman–Crippen LogP) is 2.27. The van der Waals surface area contributed by atoms with Crippen LogP contribution in [0.1, 0.15) is 60.5 Å². The molecule has 4 rings (SSSR count). The zero-order valence-electron chi connectivity index (χ0n) is 13.8. The van der Waals surface area contributed by atoms with E-state index in [0.717, 1.165) is 18.4 Å². The smallest absolute Gasteiger partial charge is 0.273 e. The van der Waals surface area contributed by atoms with Crippen LogP contribution in [0.25, 0.3) is 0 Å². The number of carbonyl (C=O) groups excluding carboxylic acids is 1. The number of likely N-dealkylation sites (tertiary alicyclic amines) is 1. The van der Waals surface area contributed by atoms with Gasteiger partial charge in [0.05, 0.1) is 6.04 Å². The van der Waals surface area contributed by atoms with Gasteiger partial charge in [-0.15, -0.1) is 0 Å². The summed E-state index contributed by atoms with van der Waals surface area (Å²) in [5.74, 6) is 0.757. The third-order valence-corrected chi connectivity index (χ3v) is 4.83. The van der Waals surface area contributed by atoms with E-state index in [0.29, 0.717) is 18.3 Å². The molecule has 0 spiro atoms. The third kappa shape index (κ3) is 2.52. The van der Waals surface area contributed by atoms with Crippen LogP contribution in [0.15, 0.2) is 35.4 Å². The number of pyridine rings is 1. The second-order valence-corrected chi connectivity index (χ2v) is 7.40. The fourth-order valence-electron chi connectivity index (χ4n) is 3.57. The van der Waals surface area contributed by atoms with Crippen molar-refractivity contribution < 1.29 is 4.79 Å². The van der Waals surface area contributed by atoms with Crippen LogP contribution in [0, 0.1) is 5.41 Å². The highest BCUT2D eigenvalue weighted by Gasteiger charge is 2.49. The van der Waals surface area contributed by atoms with E-state index in [1.165, 1.54) is 6.07 Å². The van der Waals surface area contributed by atoms with Crippen molar-refractivity contribution in [3.8, 4) is 0 Å². The van der Waals surface area contributed by atoms with Gasteiger partial charge in [-0.05, 0) is 24.5 Å². The molecule has 1 saturated carbocycles. The molecule has 3 heterocycles. The first-order valence-corrected chi connectivity index (χ1v) is 8.28. The molecule has 1 unspecified atom stereocenters. The quantitative estimate of drug-likeness (QED) is 0.939. The molecule has 6 heteroatoms. The third-order valence-electron chi connectivity index (χ3n) is 4.83. The summed E-state index contributed by atoms with van der Waals surface area (Å²) >= 11 is 0. The van der Waals surface area contributed by atoms with E-state index in [9.17, 15) is 9.59 Å². The fourth-order valence-corrected chi connectivity index (χ4v) is 3.57. The molecule has 1 saturated heterocycles. The summed E-state index contributed by atoms with van der Waals surface area (Å²) in [4.78, 5) is 37.9. The zero-order chi connectivity index (χ0) is 16.9. The van der Waals surface area contributed by atoms with Gasteiger partial charge >= 0.3 is 0 Å². The minimum Gasteiger partial charge on any atom is -0.329 e. The largest absolute Gasteiger partial charge is 0.329 e. The predicted molar refractivity (Wildman–Crippen MR) is 88.6 cm³/mol. The van der Waals surface area contributed by atoms with Crippen LogP contribution in [0.4, 0.5) is 0 Å². The van der Waals surface area contributed by atoms with Gasteiger partial charge in [0.25, 0.3) is 11.5 Å². The molecule has 2 aliphatic rings. The first kappa shape index (κ1) is 15.1. The standard InChI is InChI=1S/C18H20N4O2/c1-18(2)10-22(15(18)12-4-3-7-19-9-12)17(24)13-8-14(23)21-16(20-13)11-5-6-11/h3-4,7-9,11,15H,5-6,10H2,1-2H3,(H,20,21,23). The van der Waals surface area contributed by atoms with Gasteiger partial charge in [0.2, 0.25) is 0 Å². The Morgan fingerprint density at radius 1 is 1.38 bits per heavy atom. The molecular weight excluding hydrogens is 304 g/mol. The van der Waals surface area contributed by atoms with Crippen LogP contribution in [-0.4, -0.2) is 32.3 Å². The van der Waals surface area contributed by atoms with E-state index in [4.69, 9.17) is 0 Å². The number of aromatic nitrogens is 3. The molecule has 2 fully saturated rings. The second-order valence-electron chi connectivity index (χ2n) is 7.40. The Morgan fingerprint density at radius 3 is 2.79 bits per heavy atom. The molecule has 0 bridgehead atoms. The van der Waals surface area contributed by atoms with Crippen molar-refractivity contribution in [2.45, 2.75) is 38.6 Å². The summed E-state index contributed by atoms with van der Waals surface area (Å²) in [6.45, 7) is 4.91. The minimum atomic E-state index is -0.257. The Kier molecular flexibility index (Phi) is 3.30. The first-order valence-electron chi connectivity index (χ1n) is 8.28. The summed E-state index contributed by atoms with van der Waals surface area (Å²) in [5, 5.41) is 0. The van der Waals surface area contributed by atoms with Gasteiger partial charge in [0.15, 0.2) is 0 Å². The van der Waals surface area contributed by atoms with Crippen molar-refractivity contribution in [3.63, 3.8) is 0 Å². The maximum Gasteiger partial charge on any atom is 0.273 e.